The van der Waals surface area contributed by atoms with Gasteiger partial charge in [-0.05, 0) is 25.3 Å². The summed E-state index contributed by atoms with van der Waals surface area (Å²) in [5, 5.41) is -0.228. The molecule has 0 heterocycles. The molecule has 1 saturated carbocycles. The minimum absolute atomic E-state index is 0.211. The summed E-state index contributed by atoms with van der Waals surface area (Å²) in [4.78, 5) is 0. The van der Waals surface area contributed by atoms with E-state index in [1.165, 1.54) is 0 Å². The number of hydrogen-bond acceptors (Lipinski definition) is 2. The van der Waals surface area contributed by atoms with Crippen LogP contribution in [0, 0.1) is 0 Å². The molecule has 0 amide bonds. The highest BCUT2D eigenvalue weighted by molar-refractivity contribution is 7.90. The van der Waals surface area contributed by atoms with Crippen molar-refractivity contribution < 1.29 is 8.42 Å². The molecule has 1 fully saturated rings. The summed E-state index contributed by atoms with van der Waals surface area (Å²) in [7, 11) is -3.24. The van der Waals surface area contributed by atoms with Gasteiger partial charge in [0.25, 0.3) is 0 Å². The van der Waals surface area contributed by atoms with Crippen LogP contribution < -0.4 is 4.72 Å². The minimum atomic E-state index is -3.24. The van der Waals surface area contributed by atoms with E-state index in [2.05, 4.69) is 4.72 Å². The molecule has 17 heavy (non-hydrogen) atoms. The quantitative estimate of drug-likeness (QED) is 0.836. The number of halogens is 1. The Hall–Kier alpha value is -0.580. The third-order valence-electron chi connectivity index (χ3n) is 3.01. The molecule has 0 saturated heterocycles. The summed E-state index contributed by atoms with van der Waals surface area (Å²) in [6.45, 7) is 1.81. The van der Waals surface area contributed by atoms with Crippen molar-refractivity contribution in [2.45, 2.75) is 30.6 Å². The Balaban J connectivity index is 2.26. The van der Waals surface area contributed by atoms with Gasteiger partial charge in [0, 0.05) is 5.88 Å². The summed E-state index contributed by atoms with van der Waals surface area (Å²) in [6.07, 6.45) is 1.50. The Morgan fingerprint density at radius 3 is 2.41 bits per heavy atom. The first-order valence-electron chi connectivity index (χ1n) is 5.62. The normalized spacial score (nSPS) is 19.9. The lowest BCUT2D eigenvalue weighted by Crippen LogP contribution is -2.46. The summed E-state index contributed by atoms with van der Waals surface area (Å²) in [5.74, 6) is 0.211. The molecular formula is C12H16ClNO2S. The van der Waals surface area contributed by atoms with Crippen LogP contribution in [-0.2, 0) is 15.6 Å². The maximum Gasteiger partial charge on any atom is 0.215 e. The molecule has 1 N–H and O–H groups in total. The fourth-order valence-corrected chi connectivity index (χ4v) is 3.79. The SMILES string of the molecule is CC(CCl)(NS(=O)(=O)C1CC1)c1ccccc1. The van der Waals surface area contributed by atoms with Crippen molar-refractivity contribution in [1.82, 2.24) is 4.72 Å². The fourth-order valence-electron chi connectivity index (χ4n) is 1.75. The standard InChI is InChI=1S/C12H16ClNO2S/c1-12(9-13,10-5-3-2-4-6-10)14-17(15,16)11-7-8-11/h2-6,11,14H,7-9H2,1H3. The van der Waals surface area contributed by atoms with Crippen LogP contribution in [0.1, 0.15) is 25.3 Å². The molecular weight excluding hydrogens is 258 g/mol. The Kier molecular flexibility index (Phi) is 3.48. The van der Waals surface area contributed by atoms with Gasteiger partial charge in [-0.1, -0.05) is 30.3 Å². The third kappa shape index (κ3) is 2.81. The lowest BCUT2D eigenvalue weighted by Gasteiger charge is -2.28. The first kappa shape index (κ1) is 12.9. The van der Waals surface area contributed by atoms with Crippen LogP contribution in [0.3, 0.4) is 0 Å². The second kappa shape index (κ2) is 4.59. The van der Waals surface area contributed by atoms with E-state index in [-0.39, 0.29) is 11.1 Å². The predicted molar refractivity (Wildman–Crippen MR) is 69.6 cm³/mol. The number of alkyl halides is 1. The fraction of sp³-hybridized carbons (Fsp3) is 0.500. The number of benzene rings is 1. The molecule has 3 nitrogen and oxygen atoms in total. The van der Waals surface area contributed by atoms with Crippen molar-refractivity contribution in [2.75, 3.05) is 5.88 Å². The van der Waals surface area contributed by atoms with Crippen molar-refractivity contribution in [2.24, 2.45) is 0 Å². The molecule has 0 aliphatic heterocycles. The Morgan fingerprint density at radius 1 is 1.35 bits per heavy atom. The Morgan fingerprint density at radius 2 is 1.94 bits per heavy atom. The molecule has 1 aliphatic carbocycles. The Labute approximate surface area is 107 Å². The number of rotatable bonds is 5. The minimum Gasteiger partial charge on any atom is -0.212 e. The number of hydrogen-bond donors (Lipinski definition) is 1. The van der Waals surface area contributed by atoms with Crippen molar-refractivity contribution in [3.8, 4) is 0 Å². The van der Waals surface area contributed by atoms with Gasteiger partial charge in [0.05, 0.1) is 10.8 Å². The van der Waals surface area contributed by atoms with E-state index in [0.717, 1.165) is 18.4 Å². The second-order valence-electron chi connectivity index (χ2n) is 4.68. The first-order chi connectivity index (χ1) is 7.98. The van der Waals surface area contributed by atoms with E-state index in [0.29, 0.717) is 0 Å². The molecule has 0 radical (unpaired) electrons. The third-order valence-corrected chi connectivity index (χ3v) is 5.63. The van der Waals surface area contributed by atoms with Crippen LogP contribution in [0.2, 0.25) is 0 Å². The molecule has 5 heteroatoms. The number of nitrogens with one attached hydrogen (secondary N) is 1. The summed E-state index contributed by atoms with van der Waals surface area (Å²) in [5.41, 5.74) is 0.156. The van der Waals surface area contributed by atoms with Crippen LogP contribution in [0.5, 0.6) is 0 Å². The van der Waals surface area contributed by atoms with Gasteiger partial charge in [0.15, 0.2) is 0 Å². The van der Waals surface area contributed by atoms with Gasteiger partial charge < -0.3 is 0 Å². The van der Waals surface area contributed by atoms with E-state index in [1.54, 1.807) is 0 Å². The average Bonchev–Trinajstić information content (AvgIpc) is 3.13. The maximum absolute atomic E-state index is 12.0. The maximum atomic E-state index is 12.0. The van der Waals surface area contributed by atoms with E-state index in [1.807, 2.05) is 37.3 Å². The molecule has 94 valence electrons. The lowest BCUT2D eigenvalue weighted by atomic mass is 9.96. The number of sulfonamides is 1. The van der Waals surface area contributed by atoms with Crippen LogP contribution in [0.15, 0.2) is 30.3 Å². The molecule has 0 bridgehead atoms. The van der Waals surface area contributed by atoms with Gasteiger partial charge in [-0.2, -0.15) is 0 Å². The van der Waals surface area contributed by atoms with E-state index < -0.39 is 15.6 Å². The topological polar surface area (TPSA) is 46.2 Å². The van der Waals surface area contributed by atoms with Crippen LogP contribution in [-0.4, -0.2) is 19.5 Å². The summed E-state index contributed by atoms with van der Waals surface area (Å²) < 4.78 is 26.7. The van der Waals surface area contributed by atoms with Crippen LogP contribution in [0.25, 0.3) is 0 Å². The summed E-state index contributed by atoms with van der Waals surface area (Å²) >= 11 is 5.95. The predicted octanol–water partition coefficient (Wildman–Crippen LogP) is 2.22. The van der Waals surface area contributed by atoms with Crippen molar-refractivity contribution in [3.63, 3.8) is 0 Å². The zero-order chi connectivity index (χ0) is 12.5. The zero-order valence-corrected chi connectivity index (χ0v) is 11.3. The summed E-state index contributed by atoms with van der Waals surface area (Å²) in [6, 6.07) is 9.43. The molecule has 2 rings (SSSR count). The monoisotopic (exact) mass is 273 g/mol. The van der Waals surface area contributed by atoms with Crippen molar-refractivity contribution >= 4 is 21.6 Å². The highest BCUT2D eigenvalue weighted by Gasteiger charge is 2.40. The van der Waals surface area contributed by atoms with Gasteiger partial charge in [-0.25, -0.2) is 13.1 Å². The van der Waals surface area contributed by atoms with Crippen molar-refractivity contribution in [3.05, 3.63) is 35.9 Å². The average molecular weight is 274 g/mol. The van der Waals surface area contributed by atoms with Gasteiger partial charge >= 0.3 is 0 Å². The Bertz CT molecular complexity index is 484. The molecule has 1 aromatic rings. The molecule has 1 aliphatic rings. The molecule has 1 atom stereocenters. The van der Waals surface area contributed by atoms with E-state index in [4.69, 9.17) is 11.6 Å². The second-order valence-corrected chi connectivity index (χ2v) is 6.91. The molecule has 1 aromatic carbocycles. The van der Waals surface area contributed by atoms with E-state index >= 15 is 0 Å². The van der Waals surface area contributed by atoms with Gasteiger partial charge in [0.2, 0.25) is 10.0 Å². The molecule has 1 unspecified atom stereocenters. The molecule has 0 aromatic heterocycles. The van der Waals surface area contributed by atoms with Crippen LogP contribution in [0.4, 0.5) is 0 Å². The largest absolute Gasteiger partial charge is 0.215 e. The van der Waals surface area contributed by atoms with Gasteiger partial charge in [-0.3, -0.25) is 0 Å². The van der Waals surface area contributed by atoms with Gasteiger partial charge in [-0.15, -0.1) is 11.6 Å². The highest BCUT2D eigenvalue weighted by atomic mass is 35.5. The van der Waals surface area contributed by atoms with Crippen LogP contribution >= 0.6 is 11.6 Å². The zero-order valence-electron chi connectivity index (χ0n) is 9.69. The smallest absolute Gasteiger partial charge is 0.212 e. The molecule has 0 spiro atoms. The van der Waals surface area contributed by atoms with Gasteiger partial charge in [0.1, 0.15) is 0 Å². The first-order valence-corrected chi connectivity index (χ1v) is 7.70. The van der Waals surface area contributed by atoms with E-state index in [9.17, 15) is 8.42 Å². The highest BCUT2D eigenvalue weighted by Crippen LogP contribution is 2.31. The lowest BCUT2D eigenvalue weighted by molar-refractivity contribution is 0.476. The van der Waals surface area contributed by atoms with Crippen molar-refractivity contribution in [1.29, 1.82) is 0 Å².